The van der Waals surface area contributed by atoms with Gasteiger partial charge in [0.05, 0.1) is 6.54 Å². The van der Waals surface area contributed by atoms with Gasteiger partial charge in [-0.1, -0.05) is 6.07 Å². The number of fused-ring (bicyclic) bond motifs is 1. The summed E-state index contributed by atoms with van der Waals surface area (Å²) in [6.07, 6.45) is 2.61. The van der Waals surface area contributed by atoms with Gasteiger partial charge in [0.1, 0.15) is 23.5 Å². The lowest BCUT2D eigenvalue weighted by molar-refractivity contribution is -0.142. The molecule has 1 amide bonds. The number of likely N-dealkylation sites (tertiary alicyclic amines) is 1. The van der Waals surface area contributed by atoms with Crippen LogP contribution in [0, 0.1) is 0 Å². The van der Waals surface area contributed by atoms with Crippen molar-refractivity contribution in [2.45, 2.75) is 44.9 Å². The lowest BCUT2D eigenvalue weighted by Gasteiger charge is -2.26. The summed E-state index contributed by atoms with van der Waals surface area (Å²) in [5, 5.41) is 11.4. The van der Waals surface area contributed by atoms with Gasteiger partial charge in [0, 0.05) is 24.2 Å². The molecule has 2 heterocycles. The zero-order chi connectivity index (χ0) is 18.9. The van der Waals surface area contributed by atoms with Gasteiger partial charge in [-0.3, -0.25) is 9.88 Å². The van der Waals surface area contributed by atoms with E-state index in [0.29, 0.717) is 5.75 Å². The molecular weight excluding hydrogens is 336 g/mol. The van der Waals surface area contributed by atoms with Crippen molar-refractivity contribution in [2.75, 3.05) is 6.54 Å². The van der Waals surface area contributed by atoms with Crippen LogP contribution in [0.25, 0.3) is 10.8 Å². The number of aromatic nitrogens is 1. The van der Waals surface area contributed by atoms with Crippen LogP contribution in [-0.2, 0) is 9.53 Å². The molecule has 2 atom stereocenters. The topological polar surface area (TPSA) is 89.0 Å². The van der Waals surface area contributed by atoms with E-state index in [1.54, 1.807) is 33.2 Å². The third-order valence-electron chi connectivity index (χ3n) is 4.09. The Morgan fingerprint density at radius 1 is 1.23 bits per heavy atom. The van der Waals surface area contributed by atoms with Crippen molar-refractivity contribution in [2.24, 2.45) is 0 Å². The van der Waals surface area contributed by atoms with Gasteiger partial charge in [-0.25, -0.2) is 9.59 Å². The van der Waals surface area contributed by atoms with E-state index in [9.17, 15) is 14.7 Å². The van der Waals surface area contributed by atoms with Crippen LogP contribution in [0.15, 0.2) is 36.7 Å². The highest BCUT2D eigenvalue weighted by Crippen LogP contribution is 2.27. The molecule has 3 rings (SSSR count). The Morgan fingerprint density at radius 3 is 2.69 bits per heavy atom. The van der Waals surface area contributed by atoms with Gasteiger partial charge >= 0.3 is 12.1 Å². The summed E-state index contributed by atoms with van der Waals surface area (Å²) >= 11 is 0. The number of rotatable bonds is 3. The molecule has 0 saturated carbocycles. The maximum absolute atomic E-state index is 12.3. The summed E-state index contributed by atoms with van der Waals surface area (Å²) in [5.74, 6) is -0.449. The van der Waals surface area contributed by atoms with Crippen molar-refractivity contribution in [1.82, 2.24) is 9.88 Å². The second kappa shape index (κ2) is 6.82. The van der Waals surface area contributed by atoms with E-state index in [1.165, 1.54) is 4.90 Å². The number of pyridine rings is 1. The Hall–Kier alpha value is -2.83. The van der Waals surface area contributed by atoms with E-state index in [0.717, 1.165) is 10.8 Å². The van der Waals surface area contributed by atoms with Gasteiger partial charge < -0.3 is 14.6 Å². The molecule has 7 nitrogen and oxygen atoms in total. The fourth-order valence-corrected chi connectivity index (χ4v) is 2.97. The van der Waals surface area contributed by atoms with E-state index in [2.05, 4.69) is 4.98 Å². The summed E-state index contributed by atoms with van der Waals surface area (Å²) in [7, 11) is 0. The lowest BCUT2D eigenvalue weighted by atomic mass is 10.1. The average Bonchev–Trinajstić information content (AvgIpc) is 2.97. The lowest BCUT2D eigenvalue weighted by Crippen LogP contribution is -2.43. The van der Waals surface area contributed by atoms with Gasteiger partial charge in [0.15, 0.2) is 0 Å². The number of hydrogen-bond acceptors (Lipinski definition) is 5. The van der Waals surface area contributed by atoms with E-state index in [-0.39, 0.29) is 13.0 Å². The molecule has 1 aromatic carbocycles. The van der Waals surface area contributed by atoms with Crippen LogP contribution >= 0.6 is 0 Å². The molecule has 0 bridgehead atoms. The molecule has 26 heavy (non-hydrogen) atoms. The van der Waals surface area contributed by atoms with Crippen molar-refractivity contribution >= 4 is 22.8 Å². The van der Waals surface area contributed by atoms with Gasteiger partial charge in [-0.2, -0.15) is 0 Å². The van der Waals surface area contributed by atoms with E-state index >= 15 is 0 Å². The van der Waals surface area contributed by atoms with Crippen LogP contribution in [0.5, 0.6) is 5.75 Å². The summed E-state index contributed by atoms with van der Waals surface area (Å²) in [6, 6.07) is 6.54. The minimum atomic E-state index is -1.07. The van der Waals surface area contributed by atoms with Gasteiger partial charge in [0.25, 0.3) is 0 Å². The Morgan fingerprint density at radius 2 is 2.00 bits per heavy atom. The smallest absolute Gasteiger partial charge is 0.411 e. The van der Waals surface area contributed by atoms with Gasteiger partial charge in [0.2, 0.25) is 0 Å². The minimum Gasteiger partial charge on any atom is -0.488 e. The third kappa shape index (κ3) is 4.04. The molecule has 1 aliphatic rings. The van der Waals surface area contributed by atoms with Crippen LogP contribution in [-0.4, -0.2) is 51.3 Å². The predicted molar refractivity (Wildman–Crippen MR) is 95.1 cm³/mol. The average molecular weight is 358 g/mol. The normalized spacial score (nSPS) is 20.2. The fourth-order valence-electron chi connectivity index (χ4n) is 2.97. The number of nitrogens with zero attached hydrogens (tertiary/aromatic N) is 2. The van der Waals surface area contributed by atoms with Crippen LogP contribution < -0.4 is 4.74 Å². The highest BCUT2D eigenvalue weighted by molar-refractivity contribution is 5.83. The quantitative estimate of drug-likeness (QED) is 0.907. The number of amides is 1. The predicted octanol–water partition coefficient (Wildman–Crippen LogP) is 3.08. The number of benzene rings is 1. The first kappa shape index (κ1) is 18.0. The summed E-state index contributed by atoms with van der Waals surface area (Å²) < 4.78 is 11.3. The van der Waals surface area contributed by atoms with Crippen molar-refractivity contribution < 1.29 is 24.2 Å². The standard InChI is InChI=1S/C19H22N2O5/c1-19(2,3)26-18(24)21-11-15(9-16(21)17(22)23)25-14-5-4-12-6-7-20-10-13(12)8-14/h4-8,10,15-16H,9,11H2,1-3H3,(H,22,23)/t15-,16-/m0/s1. The molecule has 0 unspecified atom stereocenters. The number of hydrogen-bond donors (Lipinski definition) is 1. The van der Waals surface area contributed by atoms with E-state index in [1.807, 2.05) is 24.3 Å². The molecule has 1 fully saturated rings. The first-order valence-electron chi connectivity index (χ1n) is 8.46. The van der Waals surface area contributed by atoms with E-state index in [4.69, 9.17) is 9.47 Å². The number of carbonyl (C=O) groups is 2. The van der Waals surface area contributed by atoms with Crippen molar-refractivity contribution in [3.05, 3.63) is 36.7 Å². The SMILES string of the molecule is CC(C)(C)OC(=O)N1C[C@@H](Oc2ccc3ccncc3c2)C[C@H]1C(=O)O. The zero-order valence-corrected chi connectivity index (χ0v) is 15.0. The monoisotopic (exact) mass is 358 g/mol. The van der Waals surface area contributed by atoms with Crippen LogP contribution in [0.4, 0.5) is 4.79 Å². The number of aliphatic carboxylic acids is 1. The van der Waals surface area contributed by atoms with Crippen molar-refractivity contribution in [3.63, 3.8) is 0 Å². The molecule has 7 heteroatoms. The highest BCUT2D eigenvalue weighted by Gasteiger charge is 2.42. The second-order valence-corrected chi connectivity index (χ2v) is 7.35. The van der Waals surface area contributed by atoms with Crippen molar-refractivity contribution in [3.8, 4) is 5.75 Å². The first-order chi connectivity index (χ1) is 12.2. The van der Waals surface area contributed by atoms with Crippen molar-refractivity contribution in [1.29, 1.82) is 0 Å². The van der Waals surface area contributed by atoms with E-state index < -0.39 is 29.8 Å². The number of carbonyl (C=O) groups excluding carboxylic acids is 1. The molecule has 1 aromatic heterocycles. The fraction of sp³-hybridized carbons (Fsp3) is 0.421. The molecule has 138 valence electrons. The molecular formula is C19H22N2O5. The summed E-state index contributed by atoms with van der Waals surface area (Å²) in [4.78, 5) is 29.2. The third-order valence-corrected chi connectivity index (χ3v) is 4.09. The zero-order valence-electron chi connectivity index (χ0n) is 15.0. The second-order valence-electron chi connectivity index (χ2n) is 7.35. The molecule has 0 radical (unpaired) electrons. The van der Waals surface area contributed by atoms with Crippen LogP contribution in [0.3, 0.4) is 0 Å². The number of carboxylic acids is 1. The Labute approximate surface area is 151 Å². The molecule has 1 N–H and O–H groups in total. The number of ether oxygens (including phenoxy) is 2. The minimum absolute atomic E-state index is 0.164. The Bertz CT molecular complexity index is 830. The largest absolute Gasteiger partial charge is 0.488 e. The van der Waals surface area contributed by atoms with Crippen LogP contribution in [0.2, 0.25) is 0 Å². The van der Waals surface area contributed by atoms with Crippen LogP contribution in [0.1, 0.15) is 27.2 Å². The highest BCUT2D eigenvalue weighted by atomic mass is 16.6. The first-order valence-corrected chi connectivity index (χ1v) is 8.46. The maximum Gasteiger partial charge on any atom is 0.411 e. The number of carboxylic acid groups (broad SMARTS) is 1. The Kier molecular flexibility index (Phi) is 4.71. The van der Waals surface area contributed by atoms with Gasteiger partial charge in [-0.05, 0) is 44.4 Å². The maximum atomic E-state index is 12.3. The van der Waals surface area contributed by atoms with Gasteiger partial charge in [-0.15, -0.1) is 0 Å². The molecule has 1 saturated heterocycles. The molecule has 1 aliphatic heterocycles. The molecule has 2 aromatic rings. The summed E-state index contributed by atoms with van der Waals surface area (Å²) in [6.45, 7) is 5.40. The Balaban J connectivity index is 1.74. The molecule has 0 spiro atoms. The summed E-state index contributed by atoms with van der Waals surface area (Å²) in [5.41, 5.74) is -0.690. The molecule has 0 aliphatic carbocycles.